The molecule has 11 heavy (non-hydrogen) atoms. The summed E-state index contributed by atoms with van der Waals surface area (Å²) in [5.41, 5.74) is 0.982. The van der Waals surface area contributed by atoms with Gasteiger partial charge < -0.3 is 6.15 Å². The Balaban J connectivity index is 0.000001000. The van der Waals surface area contributed by atoms with Crippen molar-refractivity contribution in [2.45, 2.75) is 5.88 Å². The number of halogens is 3. The summed E-state index contributed by atoms with van der Waals surface area (Å²) in [4.78, 5) is 0. The van der Waals surface area contributed by atoms with Crippen LogP contribution in [-0.4, -0.2) is 0 Å². The highest BCUT2D eigenvalue weighted by Gasteiger charge is 1.96. The minimum Gasteiger partial charge on any atom is -0.344 e. The summed E-state index contributed by atoms with van der Waals surface area (Å²) in [5.74, 6) is 0.469. The molecule has 3 N–H and O–H groups in total. The minimum absolute atomic E-state index is 0. The number of alkyl halides is 1. The van der Waals surface area contributed by atoms with Gasteiger partial charge in [0.2, 0.25) is 0 Å². The Morgan fingerprint density at radius 2 is 1.73 bits per heavy atom. The molecule has 0 saturated heterocycles. The predicted molar refractivity (Wildman–Crippen MR) is 51.0 cm³/mol. The van der Waals surface area contributed by atoms with Crippen LogP contribution in [0.15, 0.2) is 18.2 Å². The van der Waals surface area contributed by atoms with Crippen molar-refractivity contribution >= 4 is 34.8 Å². The van der Waals surface area contributed by atoms with Crippen molar-refractivity contribution in [2.75, 3.05) is 0 Å². The third-order valence-corrected chi connectivity index (χ3v) is 2.19. The quantitative estimate of drug-likeness (QED) is 0.704. The molecule has 0 amide bonds. The molecule has 0 atom stereocenters. The van der Waals surface area contributed by atoms with E-state index in [4.69, 9.17) is 34.8 Å². The van der Waals surface area contributed by atoms with Gasteiger partial charge in [-0.3, -0.25) is 0 Å². The van der Waals surface area contributed by atoms with Crippen molar-refractivity contribution in [2.24, 2.45) is 0 Å². The summed E-state index contributed by atoms with van der Waals surface area (Å²) in [7, 11) is 0. The van der Waals surface area contributed by atoms with Crippen LogP contribution in [0.4, 0.5) is 0 Å². The maximum absolute atomic E-state index is 5.70. The largest absolute Gasteiger partial charge is 0.344 e. The molecule has 62 valence electrons. The summed E-state index contributed by atoms with van der Waals surface area (Å²) in [6.45, 7) is 0. The second kappa shape index (κ2) is 4.83. The lowest BCUT2D eigenvalue weighted by atomic mass is 10.2. The van der Waals surface area contributed by atoms with Crippen LogP contribution >= 0.6 is 34.8 Å². The Hall–Kier alpha value is 0.0500. The first-order chi connectivity index (χ1) is 4.74. The Labute approximate surface area is 80.8 Å². The molecule has 0 heterocycles. The zero-order valence-electron chi connectivity index (χ0n) is 5.78. The van der Waals surface area contributed by atoms with Gasteiger partial charge in [0.1, 0.15) is 0 Å². The second-order valence-electron chi connectivity index (χ2n) is 1.88. The van der Waals surface area contributed by atoms with Crippen LogP contribution in [0.1, 0.15) is 5.56 Å². The molecular weight excluding hydrogens is 204 g/mol. The zero-order valence-corrected chi connectivity index (χ0v) is 8.05. The van der Waals surface area contributed by atoms with Gasteiger partial charge in [-0.1, -0.05) is 29.3 Å². The summed E-state index contributed by atoms with van der Waals surface area (Å²) >= 11 is 16.9. The first kappa shape index (κ1) is 11.1. The van der Waals surface area contributed by atoms with Gasteiger partial charge in [-0.25, -0.2) is 0 Å². The number of hydrogen-bond acceptors (Lipinski definition) is 1. The summed E-state index contributed by atoms with van der Waals surface area (Å²) < 4.78 is 0. The zero-order chi connectivity index (χ0) is 7.56. The minimum atomic E-state index is 0. The number of rotatable bonds is 1. The molecule has 0 fully saturated rings. The lowest BCUT2D eigenvalue weighted by Gasteiger charge is -1.96. The van der Waals surface area contributed by atoms with E-state index in [1.54, 1.807) is 12.1 Å². The predicted octanol–water partition coefficient (Wildman–Crippen LogP) is 3.89. The van der Waals surface area contributed by atoms with Crippen molar-refractivity contribution in [1.82, 2.24) is 6.15 Å². The molecule has 1 rings (SSSR count). The Kier molecular flexibility index (Phi) is 4.86. The van der Waals surface area contributed by atoms with Gasteiger partial charge in [-0.2, -0.15) is 0 Å². The average Bonchev–Trinajstić information content (AvgIpc) is 1.95. The Bertz CT molecular complexity index is 237. The molecule has 0 aromatic heterocycles. The molecule has 1 aromatic rings. The molecule has 0 spiro atoms. The van der Waals surface area contributed by atoms with E-state index in [9.17, 15) is 0 Å². The topological polar surface area (TPSA) is 35.0 Å². The monoisotopic (exact) mass is 211 g/mol. The molecule has 0 bridgehead atoms. The third-order valence-electron chi connectivity index (χ3n) is 1.14. The molecule has 0 radical (unpaired) electrons. The van der Waals surface area contributed by atoms with Gasteiger partial charge >= 0.3 is 0 Å². The van der Waals surface area contributed by atoms with Crippen LogP contribution < -0.4 is 6.15 Å². The van der Waals surface area contributed by atoms with E-state index in [2.05, 4.69) is 0 Å². The first-order valence-electron chi connectivity index (χ1n) is 2.74. The van der Waals surface area contributed by atoms with Crippen LogP contribution in [0.2, 0.25) is 10.0 Å². The molecule has 0 aliphatic rings. The van der Waals surface area contributed by atoms with Crippen LogP contribution in [0.5, 0.6) is 0 Å². The summed E-state index contributed by atoms with van der Waals surface area (Å²) in [5, 5.41) is 1.12. The van der Waals surface area contributed by atoms with E-state index in [1.807, 2.05) is 6.07 Å². The maximum atomic E-state index is 5.70. The SMILES string of the molecule is ClCc1ccc(Cl)c(Cl)c1.N. The lowest BCUT2D eigenvalue weighted by Crippen LogP contribution is -1.76. The molecule has 0 aliphatic heterocycles. The van der Waals surface area contributed by atoms with Gasteiger partial charge in [-0.05, 0) is 17.7 Å². The molecule has 0 aliphatic carbocycles. The van der Waals surface area contributed by atoms with Crippen LogP contribution in [-0.2, 0) is 5.88 Å². The lowest BCUT2D eigenvalue weighted by molar-refractivity contribution is 1.40. The smallest absolute Gasteiger partial charge is 0.0595 e. The fraction of sp³-hybridized carbons (Fsp3) is 0.143. The highest BCUT2D eigenvalue weighted by Crippen LogP contribution is 2.22. The van der Waals surface area contributed by atoms with Gasteiger partial charge in [0, 0.05) is 5.88 Å². The van der Waals surface area contributed by atoms with Gasteiger partial charge in [-0.15, -0.1) is 11.6 Å². The molecule has 0 saturated carbocycles. The van der Waals surface area contributed by atoms with Gasteiger partial charge in [0.25, 0.3) is 0 Å². The number of hydrogen-bond donors (Lipinski definition) is 1. The highest BCUT2D eigenvalue weighted by atomic mass is 35.5. The summed E-state index contributed by atoms with van der Waals surface area (Å²) in [6.07, 6.45) is 0. The normalized spacial score (nSPS) is 9.00. The van der Waals surface area contributed by atoms with Gasteiger partial charge in [0.05, 0.1) is 10.0 Å². The molecule has 0 unspecified atom stereocenters. The average molecular weight is 213 g/mol. The molecule has 1 aromatic carbocycles. The number of benzene rings is 1. The highest BCUT2D eigenvalue weighted by molar-refractivity contribution is 6.42. The van der Waals surface area contributed by atoms with Crippen molar-refractivity contribution < 1.29 is 0 Å². The van der Waals surface area contributed by atoms with E-state index in [-0.39, 0.29) is 6.15 Å². The van der Waals surface area contributed by atoms with Crippen molar-refractivity contribution in [1.29, 1.82) is 0 Å². The maximum Gasteiger partial charge on any atom is 0.0595 e. The Morgan fingerprint density at radius 3 is 2.18 bits per heavy atom. The van der Waals surface area contributed by atoms with E-state index in [0.29, 0.717) is 15.9 Å². The van der Waals surface area contributed by atoms with Crippen molar-refractivity contribution in [3.8, 4) is 0 Å². The molecule has 4 heteroatoms. The second-order valence-corrected chi connectivity index (χ2v) is 2.96. The molecule has 1 nitrogen and oxygen atoms in total. The van der Waals surface area contributed by atoms with E-state index in [0.717, 1.165) is 5.56 Å². The van der Waals surface area contributed by atoms with Gasteiger partial charge in [0.15, 0.2) is 0 Å². The molecular formula is C7H8Cl3N. The van der Waals surface area contributed by atoms with E-state index in [1.165, 1.54) is 0 Å². The third kappa shape index (κ3) is 2.88. The standard InChI is InChI=1S/C7H5Cl3.H3N/c8-4-5-1-2-6(9)7(10)3-5;/h1-3H,4H2;1H3. The van der Waals surface area contributed by atoms with Crippen molar-refractivity contribution in [3.63, 3.8) is 0 Å². The van der Waals surface area contributed by atoms with Crippen LogP contribution in [0.25, 0.3) is 0 Å². The fourth-order valence-electron chi connectivity index (χ4n) is 0.623. The fourth-order valence-corrected chi connectivity index (χ4v) is 1.11. The van der Waals surface area contributed by atoms with Crippen molar-refractivity contribution in [3.05, 3.63) is 33.8 Å². The Morgan fingerprint density at radius 1 is 1.09 bits per heavy atom. The van der Waals surface area contributed by atoms with E-state index >= 15 is 0 Å². The summed E-state index contributed by atoms with van der Waals surface area (Å²) in [6, 6.07) is 5.35. The van der Waals surface area contributed by atoms with Crippen LogP contribution in [0.3, 0.4) is 0 Å². The van der Waals surface area contributed by atoms with Crippen LogP contribution in [0, 0.1) is 0 Å². The first-order valence-corrected chi connectivity index (χ1v) is 4.03. The van der Waals surface area contributed by atoms with E-state index < -0.39 is 0 Å².